The van der Waals surface area contributed by atoms with Crippen LogP contribution in [0.5, 0.6) is 0 Å². The van der Waals surface area contributed by atoms with E-state index < -0.39 is 0 Å². The van der Waals surface area contributed by atoms with Crippen LogP contribution in [-0.4, -0.2) is 11.4 Å². The van der Waals surface area contributed by atoms with Gasteiger partial charge < -0.3 is 4.74 Å². The van der Waals surface area contributed by atoms with Gasteiger partial charge in [0.15, 0.2) is 0 Å². The smallest absolute Gasteiger partial charge is 0.0925 e. The molecule has 0 aromatic heterocycles. The average molecular weight is 336 g/mol. The third kappa shape index (κ3) is 4.25. The first-order valence-corrected chi connectivity index (χ1v) is 7.05. The predicted octanol–water partition coefficient (Wildman–Crippen LogP) is 4.70. The monoisotopic (exact) mass is 334 g/mol. The molecule has 0 aliphatic rings. The average Bonchev–Trinajstić information content (AvgIpc) is 2.25. The van der Waals surface area contributed by atoms with E-state index in [2.05, 4.69) is 57.8 Å². The molecular weight excluding hydrogens is 320 g/mol. The lowest BCUT2D eigenvalue weighted by molar-refractivity contribution is 0.00882. The van der Waals surface area contributed by atoms with Crippen LogP contribution in [0.15, 0.2) is 28.7 Å². The summed E-state index contributed by atoms with van der Waals surface area (Å²) in [7, 11) is 0. The molecule has 0 radical (unpaired) electrons. The zero-order valence-electron chi connectivity index (χ0n) is 9.04. The molecule has 15 heavy (non-hydrogen) atoms. The number of ether oxygens (including phenoxy) is 1. The fourth-order valence-corrected chi connectivity index (χ4v) is 2.23. The van der Waals surface area contributed by atoms with Crippen molar-refractivity contribution >= 4 is 31.9 Å². The molecule has 0 aliphatic carbocycles. The molecular formula is C12H16Br2O. The molecule has 0 amide bonds. The van der Waals surface area contributed by atoms with Gasteiger partial charge in [0.1, 0.15) is 0 Å². The molecule has 1 rings (SSSR count). The standard InChI is InChI=1S/C12H16Br2O/c1-3-9(2)15-12(8-13)10-5-4-6-11(14)7-10/h4-7,9,12H,3,8H2,1-2H3. The maximum Gasteiger partial charge on any atom is 0.0925 e. The van der Waals surface area contributed by atoms with Crippen LogP contribution in [-0.2, 0) is 4.74 Å². The number of benzene rings is 1. The molecule has 0 bridgehead atoms. The summed E-state index contributed by atoms with van der Waals surface area (Å²) in [6.45, 7) is 4.24. The van der Waals surface area contributed by atoms with Gasteiger partial charge in [-0.1, -0.05) is 50.9 Å². The van der Waals surface area contributed by atoms with Crippen molar-refractivity contribution in [1.82, 2.24) is 0 Å². The topological polar surface area (TPSA) is 9.23 Å². The second-order valence-corrected chi connectivity index (χ2v) is 5.12. The minimum atomic E-state index is 0.137. The first-order valence-electron chi connectivity index (χ1n) is 5.14. The molecule has 2 atom stereocenters. The lowest BCUT2D eigenvalue weighted by atomic mass is 10.1. The van der Waals surface area contributed by atoms with Gasteiger partial charge in [0.2, 0.25) is 0 Å². The highest BCUT2D eigenvalue weighted by Crippen LogP contribution is 2.24. The molecule has 1 aromatic rings. The van der Waals surface area contributed by atoms with Gasteiger partial charge in [-0.3, -0.25) is 0 Å². The van der Waals surface area contributed by atoms with Crippen LogP contribution in [0.2, 0.25) is 0 Å². The van der Waals surface area contributed by atoms with Crippen LogP contribution in [0.25, 0.3) is 0 Å². The Morgan fingerprint density at radius 2 is 2.13 bits per heavy atom. The van der Waals surface area contributed by atoms with Crippen LogP contribution < -0.4 is 0 Å². The van der Waals surface area contributed by atoms with Crippen LogP contribution in [0, 0.1) is 0 Å². The number of alkyl halides is 1. The van der Waals surface area contributed by atoms with Crippen LogP contribution in [0.1, 0.15) is 31.9 Å². The first-order chi connectivity index (χ1) is 7.17. The lowest BCUT2D eigenvalue weighted by Crippen LogP contribution is -2.13. The summed E-state index contributed by atoms with van der Waals surface area (Å²) < 4.78 is 7.02. The Balaban J connectivity index is 2.73. The summed E-state index contributed by atoms with van der Waals surface area (Å²) in [5.74, 6) is 0. The minimum Gasteiger partial charge on any atom is -0.370 e. The van der Waals surface area contributed by atoms with Gasteiger partial charge in [0, 0.05) is 9.80 Å². The zero-order chi connectivity index (χ0) is 11.3. The molecule has 0 heterocycles. The quantitative estimate of drug-likeness (QED) is 0.708. The van der Waals surface area contributed by atoms with Crippen molar-refractivity contribution in [3.63, 3.8) is 0 Å². The highest BCUT2D eigenvalue weighted by atomic mass is 79.9. The van der Waals surface area contributed by atoms with Crippen LogP contribution >= 0.6 is 31.9 Å². The Kier molecular flexibility index (Phi) is 5.87. The Morgan fingerprint density at radius 3 is 2.67 bits per heavy atom. The van der Waals surface area contributed by atoms with E-state index in [0.29, 0.717) is 6.10 Å². The molecule has 0 saturated carbocycles. The maximum absolute atomic E-state index is 5.92. The molecule has 0 saturated heterocycles. The van der Waals surface area contributed by atoms with Gasteiger partial charge in [0.25, 0.3) is 0 Å². The Labute approximate surface area is 108 Å². The van der Waals surface area contributed by atoms with Gasteiger partial charge in [-0.2, -0.15) is 0 Å². The molecule has 2 unspecified atom stereocenters. The number of halogens is 2. The molecule has 1 aromatic carbocycles. The van der Waals surface area contributed by atoms with E-state index in [1.165, 1.54) is 5.56 Å². The predicted molar refractivity (Wildman–Crippen MR) is 71.5 cm³/mol. The molecule has 3 heteroatoms. The molecule has 84 valence electrons. The number of hydrogen-bond acceptors (Lipinski definition) is 1. The second-order valence-electron chi connectivity index (χ2n) is 3.55. The summed E-state index contributed by atoms with van der Waals surface area (Å²) in [5.41, 5.74) is 1.21. The van der Waals surface area contributed by atoms with E-state index in [4.69, 9.17) is 4.74 Å². The van der Waals surface area contributed by atoms with Crippen molar-refractivity contribution in [2.75, 3.05) is 5.33 Å². The van der Waals surface area contributed by atoms with Crippen LogP contribution in [0.4, 0.5) is 0 Å². The van der Waals surface area contributed by atoms with Crippen molar-refractivity contribution in [1.29, 1.82) is 0 Å². The Hall–Kier alpha value is 0.140. The summed E-state index contributed by atoms with van der Waals surface area (Å²) >= 11 is 6.97. The van der Waals surface area contributed by atoms with E-state index in [0.717, 1.165) is 16.2 Å². The summed E-state index contributed by atoms with van der Waals surface area (Å²) in [4.78, 5) is 0. The van der Waals surface area contributed by atoms with E-state index in [1.807, 2.05) is 12.1 Å². The molecule has 0 spiro atoms. The van der Waals surface area contributed by atoms with E-state index in [1.54, 1.807) is 0 Å². The second kappa shape index (κ2) is 6.66. The van der Waals surface area contributed by atoms with Gasteiger partial charge in [-0.25, -0.2) is 0 Å². The summed E-state index contributed by atoms with van der Waals surface area (Å²) in [6.07, 6.45) is 1.47. The Bertz CT molecular complexity index is 301. The summed E-state index contributed by atoms with van der Waals surface area (Å²) in [5, 5.41) is 0.827. The largest absolute Gasteiger partial charge is 0.370 e. The minimum absolute atomic E-state index is 0.137. The molecule has 0 fully saturated rings. The van der Waals surface area contributed by atoms with Crippen molar-refractivity contribution in [3.05, 3.63) is 34.3 Å². The molecule has 0 aliphatic heterocycles. The van der Waals surface area contributed by atoms with Crippen molar-refractivity contribution in [3.8, 4) is 0 Å². The normalized spacial score (nSPS) is 14.9. The van der Waals surface area contributed by atoms with Gasteiger partial charge in [-0.15, -0.1) is 0 Å². The molecule has 1 nitrogen and oxygen atoms in total. The third-order valence-corrected chi connectivity index (χ3v) is 3.41. The zero-order valence-corrected chi connectivity index (χ0v) is 12.2. The highest BCUT2D eigenvalue weighted by Gasteiger charge is 2.13. The van der Waals surface area contributed by atoms with E-state index >= 15 is 0 Å². The third-order valence-electron chi connectivity index (χ3n) is 2.33. The first kappa shape index (κ1) is 13.2. The van der Waals surface area contributed by atoms with Gasteiger partial charge >= 0.3 is 0 Å². The van der Waals surface area contributed by atoms with E-state index in [-0.39, 0.29) is 6.10 Å². The number of hydrogen-bond donors (Lipinski definition) is 0. The van der Waals surface area contributed by atoms with Crippen molar-refractivity contribution < 1.29 is 4.74 Å². The molecule has 0 N–H and O–H groups in total. The van der Waals surface area contributed by atoms with Crippen molar-refractivity contribution in [2.24, 2.45) is 0 Å². The van der Waals surface area contributed by atoms with Crippen LogP contribution in [0.3, 0.4) is 0 Å². The van der Waals surface area contributed by atoms with Crippen molar-refractivity contribution in [2.45, 2.75) is 32.5 Å². The Morgan fingerprint density at radius 1 is 1.40 bits per heavy atom. The van der Waals surface area contributed by atoms with Gasteiger partial charge in [-0.05, 0) is 31.0 Å². The maximum atomic E-state index is 5.92. The highest BCUT2D eigenvalue weighted by molar-refractivity contribution is 9.10. The fraction of sp³-hybridized carbons (Fsp3) is 0.500. The number of rotatable bonds is 5. The lowest BCUT2D eigenvalue weighted by Gasteiger charge is -2.20. The SMILES string of the molecule is CCC(C)OC(CBr)c1cccc(Br)c1. The summed E-state index contributed by atoms with van der Waals surface area (Å²) in [6, 6.07) is 8.26. The fourth-order valence-electron chi connectivity index (χ4n) is 1.29. The van der Waals surface area contributed by atoms with E-state index in [9.17, 15) is 0 Å². The van der Waals surface area contributed by atoms with Gasteiger partial charge in [0.05, 0.1) is 12.2 Å².